The molecule has 0 saturated carbocycles. The number of hydrogen-bond donors (Lipinski definition) is 2. The number of carbonyl (C=O) groups excluding carboxylic acids is 1. The van der Waals surface area contributed by atoms with Crippen molar-refractivity contribution in [3.8, 4) is 0 Å². The number of carbonyl (C=O) groups is 1. The Morgan fingerprint density at radius 2 is 1.91 bits per heavy atom. The van der Waals surface area contributed by atoms with Crippen LogP contribution >= 0.6 is 0 Å². The smallest absolute Gasteiger partial charge is 0.381 e. The molecule has 7 heteroatoms. The summed E-state index contributed by atoms with van der Waals surface area (Å²) in [4.78, 5) is 12.5. The molecule has 1 aliphatic heterocycles. The molecule has 3 rings (SSSR count). The van der Waals surface area contributed by atoms with Crippen molar-refractivity contribution in [3.63, 3.8) is 0 Å². The van der Waals surface area contributed by atoms with Gasteiger partial charge < -0.3 is 15.8 Å². The first kappa shape index (κ1) is 16.3. The highest BCUT2D eigenvalue weighted by Crippen LogP contribution is 2.46. The van der Waals surface area contributed by atoms with Crippen LogP contribution in [0.5, 0.6) is 0 Å². The van der Waals surface area contributed by atoms with Gasteiger partial charge in [-0.05, 0) is 30.4 Å². The fourth-order valence-electron chi connectivity index (χ4n) is 3.43. The Labute approximate surface area is 132 Å². The molecule has 0 unspecified atom stereocenters. The number of benzene rings is 1. The van der Waals surface area contributed by atoms with Crippen molar-refractivity contribution in [2.24, 2.45) is 11.1 Å². The van der Waals surface area contributed by atoms with Crippen molar-refractivity contribution in [2.75, 3.05) is 13.2 Å². The number of nitrogens with one attached hydrogen (secondary N) is 1. The molecule has 3 N–H and O–H groups in total. The number of fused-ring (bicyclic) bond motifs is 1. The quantitative estimate of drug-likeness (QED) is 0.874. The van der Waals surface area contributed by atoms with Crippen molar-refractivity contribution in [1.29, 1.82) is 0 Å². The maximum Gasteiger partial charge on any atom is 0.403 e. The van der Waals surface area contributed by atoms with Gasteiger partial charge in [-0.1, -0.05) is 24.3 Å². The van der Waals surface area contributed by atoms with E-state index in [1.165, 1.54) is 0 Å². The first-order chi connectivity index (χ1) is 10.8. The number of amides is 1. The van der Waals surface area contributed by atoms with Crippen LogP contribution < -0.4 is 11.1 Å². The molecule has 4 nitrogen and oxygen atoms in total. The zero-order valence-electron chi connectivity index (χ0n) is 12.5. The lowest BCUT2D eigenvalue weighted by Gasteiger charge is -2.38. The molecule has 1 aliphatic carbocycles. The second-order valence-corrected chi connectivity index (χ2v) is 6.20. The SMILES string of the molecule is N[C@@H]1c2ccccc2C[C@H]1NC(=O)C1(C(F)(F)F)CCOCC1. The highest BCUT2D eigenvalue weighted by molar-refractivity contribution is 5.84. The number of rotatable bonds is 2. The monoisotopic (exact) mass is 328 g/mol. The van der Waals surface area contributed by atoms with E-state index >= 15 is 0 Å². The molecule has 2 atom stereocenters. The summed E-state index contributed by atoms with van der Waals surface area (Å²) in [5.41, 5.74) is 5.58. The average molecular weight is 328 g/mol. The molecule has 0 spiro atoms. The van der Waals surface area contributed by atoms with Gasteiger partial charge in [0, 0.05) is 13.2 Å². The maximum atomic E-state index is 13.5. The van der Waals surface area contributed by atoms with Gasteiger partial charge in [0.05, 0.1) is 12.1 Å². The number of ether oxygens (including phenoxy) is 1. The van der Waals surface area contributed by atoms with Crippen molar-refractivity contribution < 1.29 is 22.7 Å². The molecule has 0 aromatic heterocycles. The average Bonchev–Trinajstić information content (AvgIpc) is 2.83. The summed E-state index contributed by atoms with van der Waals surface area (Å²) in [6, 6.07) is 6.42. The van der Waals surface area contributed by atoms with Gasteiger partial charge in [-0.25, -0.2) is 0 Å². The van der Waals surface area contributed by atoms with Crippen LogP contribution in [0.4, 0.5) is 13.2 Å². The molecule has 1 amide bonds. The molecular weight excluding hydrogens is 309 g/mol. The molecule has 1 aromatic carbocycles. The fourth-order valence-corrected chi connectivity index (χ4v) is 3.43. The number of alkyl halides is 3. The Bertz CT molecular complexity index is 597. The van der Waals surface area contributed by atoms with Crippen LogP contribution in [0.15, 0.2) is 24.3 Å². The van der Waals surface area contributed by atoms with Crippen molar-refractivity contribution in [3.05, 3.63) is 35.4 Å². The van der Waals surface area contributed by atoms with Gasteiger partial charge >= 0.3 is 6.18 Å². The highest BCUT2D eigenvalue weighted by atomic mass is 19.4. The number of hydrogen-bond acceptors (Lipinski definition) is 3. The van der Waals surface area contributed by atoms with E-state index in [1.807, 2.05) is 24.3 Å². The molecule has 0 bridgehead atoms. The third-order valence-electron chi connectivity index (χ3n) is 4.93. The minimum absolute atomic E-state index is 0.0656. The highest BCUT2D eigenvalue weighted by Gasteiger charge is 2.60. The molecule has 0 radical (unpaired) electrons. The Kier molecular flexibility index (Phi) is 4.10. The molecule has 2 aliphatic rings. The molecule has 126 valence electrons. The van der Waals surface area contributed by atoms with Crippen LogP contribution in [0.1, 0.15) is 30.0 Å². The van der Waals surface area contributed by atoms with E-state index in [0.717, 1.165) is 11.1 Å². The van der Waals surface area contributed by atoms with Crippen molar-refractivity contribution in [2.45, 2.75) is 37.5 Å². The summed E-state index contributed by atoms with van der Waals surface area (Å²) >= 11 is 0. The van der Waals surface area contributed by atoms with Crippen LogP contribution in [0.25, 0.3) is 0 Å². The van der Waals surface area contributed by atoms with E-state index in [2.05, 4.69) is 5.32 Å². The van der Waals surface area contributed by atoms with Crippen LogP contribution in [0.3, 0.4) is 0 Å². The molecule has 1 aromatic rings. The van der Waals surface area contributed by atoms with Gasteiger partial charge in [0.25, 0.3) is 0 Å². The van der Waals surface area contributed by atoms with E-state index in [0.29, 0.717) is 6.42 Å². The Balaban J connectivity index is 1.79. The maximum absolute atomic E-state index is 13.5. The molecule has 1 fully saturated rings. The normalized spacial score (nSPS) is 26.6. The van der Waals surface area contributed by atoms with Gasteiger partial charge in [0.2, 0.25) is 5.91 Å². The van der Waals surface area contributed by atoms with E-state index in [-0.39, 0.29) is 26.1 Å². The Hall–Kier alpha value is -1.60. The zero-order valence-corrected chi connectivity index (χ0v) is 12.5. The third-order valence-corrected chi connectivity index (χ3v) is 4.93. The van der Waals surface area contributed by atoms with Crippen LogP contribution in [0, 0.1) is 5.41 Å². The molecular formula is C16H19F3N2O2. The minimum atomic E-state index is -4.60. The predicted octanol–water partition coefficient (Wildman–Crippen LogP) is 2.09. The standard InChI is InChI=1S/C16H19F3N2O2/c17-16(18,19)15(5-7-23-8-6-15)14(22)21-12-9-10-3-1-2-4-11(10)13(12)20/h1-4,12-13H,5-9,20H2,(H,21,22)/t12-,13-/m1/s1. The van der Waals surface area contributed by atoms with E-state index in [1.54, 1.807) is 0 Å². The lowest BCUT2D eigenvalue weighted by atomic mass is 9.78. The molecule has 23 heavy (non-hydrogen) atoms. The van der Waals surface area contributed by atoms with Crippen molar-refractivity contribution >= 4 is 5.91 Å². The summed E-state index contributed by atoms with van der Waals surface area (Å²) in [6.07, 6.45) is -4.85. The van der Waals surface area contributed by atoms with E-state index < -0.39 is 29.6 Å². The van der Waals surface area contributed by atoms with Crippen LogP contribution in [0.2, 0.25) is 0 Å². The van der Waals surface area contributed by atoms with Crippen LogP contribution in [-0.2, 0) is 16.0 Å². The van der Waals surface area contributed by atoms with Gasteiger partial charge in [-0.15, -0.1) is 0 Å². The van der Waals surface area contributed by atoms with Gasteiger partial charge in [0.15, 0.2) is 0 Å². The Morgan fingerprint density at radius 1 is 1.26 bits per heavy atom. The minimum Gasteiger partial charge on any atom is -0.381 e. The predicted molar refractivity (Wildman–Crippen MR) is 77.5 cm³/mol. The van der Waals surface area contributed by atoms with Gasteiger partial charge in [-0.2, -0.15) is 13.2 Å². The van der Waals surface area contributed by atoms with Crippen LogP contribution in [-0.4, -0.2) is 31.3 Å². The Morgan fingerprint density at radius 3 is 2.52 bits per heavy atom. The second-order valence-electron chi connectivity index (χ2n) is 6.20. The van der Waals surface area contributed by atoms with E-state index in [4.69, 9.17) is 10.5 Å². The topological polar surface area (TPSA) is 64.3 Å². The second kappa shape index (κ2) is 5.79. The summed E-state index contributed by atoms with van der Waals surface area (Å²) in [6.45, 7) is -0.131. The number of nitrogens with two attached hydrogens (primary N) is 1. The third kappa shape index (κ3) is 2.72. The van der Waals surface area contributed by atoms with Gasteiger partial charge in [-0.3, -0.25) is 4.79 Å². The summed E-state index contributed by atoms with van der Waals surface area (Å²) in [7, 11) is 0. The van der Waals surface area contributed by atoms with E-state index in [9.17, 15) is 18.0 Å². The lowest BCUT2D eigenvalue weighted by Crippen LogP contribution is -2.56. The summed E-state index contributed by atoms with van der Waals surface area (Å²) in [5, 5.41) is 2.55. The molecule has 1 saturated heterocycles. The first-order valence-corrected chi connectivity index (χ1v) is 7.64. The fraction of sp³-hybridized carbons (Fsp3) is 0.562. The lowest BCUT2D eigenvalue weighted by molar-refractivity contribution is -0.240. The van der Waals surface area contributed by atoms with Crippen molar-refractivity contribution in [1.82, 2.24) is 5.32 Å². The zero-order chi connectivity index (χ0) is 16.7. The first-order valence-electron chi connectivity index (χ1n) is 7.64. The van der Waals surface area contributed by atoms with Gasteiger partial charge in [0.1, 0.15) is 5.41 Å². The largest absolute Gasteiger partial charge is 0.403 e. The molecule has 1 heterocycles. The summed E-state index contributed by atoms with van der Waals surface area (Å²) < 4.78 is 45.6. The summed E-state index contributed by atoms with van der Waals surface area (Å²) in [5.74, 6) is -0.985. The number of halogens is 3.